The van der Waals surface area contributed by atoms with E-state index in [1.54, 1.807) is 24.3 Å². The molecule has 1 aliphatic rings. The number of carbonyl (C=O) groups is 1. The van der Waals surface area contributed by atoms with Crippen LogP contribution in [-0.4, -0.2) is 44.5 Å². The third-order valence-electron chi connectivity index (χ3n) is 3.38. The number of nitrogens with one attached hydrogen (secondary N) is 1. The van der Waals surface area contributed by atoms with Gasteiger partial charge in [-0.3, -0.25) is 4.79 Å². The Hall–Kier alpha value is -1.44. The second-order valence-corrected chi connectivity index (χ2v) is 7.01. The molecule has 2 N–H and O–H groups in total. The molecule has 1 fully saturated rings. The molecule has 1 aromatic carbocycles. The van der Waals surface area contributed by atoms with E-state index in [1.807, 2.05) is 6.07 Å². The zero-order chi connectivity index (χ0) is 15.3. The van der Waals surface area contributed by atoms with Gasteiger partial charge >= 0.3 is 5.97 Å². The lowest BCUT2D eigenvalue weighted by Crippen LogP contribution is -2.44. The second-order valence-electron chi connectivity index (χ2n) is 5.21. The first-order valence-electron chi connectivity index (χ1n) is 6.81. The van der Waals surface area contributed by atoms with Gasteiger partial charge in [0.1, 0.15) is 6.04 Å². The summed E-state index contributed by atoms with van der Waals surface area (Å²) in [4.78, 5) is 11.3. The first kappa shape index (κ1) is 15.9. The summed E-state index contributed by atoms with van der Waals surface area (Å²) in [5.41, 5.74) is 0.775. The van der Waals surface area contributed by atoms with E-state index in [4.69, 9.17) is 4.74 Å². The first-order valence-corrected chi connectivity index (χ1v) is 8.46. The second kappa shape index (κ2) is 7.02. The monoisotopic (exact) mass is 313 g/mol. The molecule has 1 heterocycles. The van der Waals surface area contributed by atoms with Crippen LogP contribution in [-0.2, 0) is 26.0 Å². The molecule has 2 rings (SSSR count). The van der Waals surface area contributed by atoms with Crippen LogP contribution < -0.4 is 4.72 Å². The molecule has 0 bridgehead atoms. The van der Waals surface area contributed by atoms with Gasteiger partial charge in [-0.15, -0.1) is 0 Å². The maximum Gasteiger partial charge on any atom is 0.322 e. The van der Waals surface area contributed by atoms with Crippen LogP contribution in [0, 0.1) is 5.92 Å². The van der Waals surface area contributed by atoms with Gasteiger partial charge in [0.25, 0.3) is 0 Å². The minimum atomic E-state index is -3.64. The Bertz CT molecular complexity index is 566. The fourth-order valence-electron chi connectivity index (χ4n) is 2.32. The summed E-state index contributed by atoms with van der Waals surface area (Å²) in [7, 11) is -3.64. The van der Waals surface area contributed by atoms with Crippen molar-refractivity contribution >= 4 is 16.0 Å². The standard InChI is InChI=1S/C14H19NO5S/c16-14(17)13(8-11-4-2-1-3-5-11)15-21(18,19)10-12-6-7-20-9-12/h1-5,12-13,15H,6-10H2,(H,16,17)/t12?,13-/m1/s1. The van der Waals surface area contributed by atoms with Crippen molar-refractivity contribution in [3.8, 4) is 0 Å². The molecule has 7 heteroatoms. The van der Waals surface area contributed by atoms with Gasteiger partial charge in [-0.05, 0) is 24.3 Å². The summed E-state index contributed by atoms with van der Waals surface area (Å²) in [6, 6.07) is 7.80. The van der Waals surface area contributed by atoms with Crippen molar-refractivity contribution in [2.75, 3.05) is 19.0 Å². The van der Waals surface area contributed by atoms with E-state index in [1.165, 1.54) is 0 Å². The maximum atomic E-state index is 12.1. The van der Waals surface area contributed by atoms with Gasteiger partial charge in [0, 0.05) is 6.61 Å². The van der Waals surface area contributed by atoms with E-state index < -0.39 is 22.0 Å². The smallest absolute Gasteiger partial charge is 0.322 e. The van der Waals surface area contributed by atoms with Crippen LogP contribution in [0.1, 0.15) is 12.0 Å². The van der Waals surface area contributed by atoms with Crippen molar-refractivity contribution in [3.05, 3.63) is 35.9 Å². The van der Waals surface area contributed by atoms with Crippen LogP contribution in [0.5, 0.6) is 0 Å². The maximum absolute atomic E-state index is 12.1. The van der Waals surface area contributed by atoms with Gasteiger partial charge < -0.3 is 9.84 Å². The highest BCUT2D eigenvalue weighted by atomic mass is 32.2. The quantitative estimate of drug-likeness (QED) is 0.770. The molecule has 0 spiro atoms. The van der Waals surface area contributed by atoms with Gasteiger partial charge in [-0.1, -0.05) is 30.3 Å². The molecular weight excluding hydrogens is 294 g/mol. The van der Waals surface area contributed by atoms with Crippen LogP contribution in [0.25, 0.3) is 0 Å². The fraction of sp³-hybridized carbons (Fsp3) is 0.500. The third-order valence-corrected chi connectivity index (χ3v) is 4.94. The van der Waals surface area contributed by atoms with Crippen LogP contribution >= 0.6 is 0 Å². The number of carboxylic acid groups (broad SMARTS) is 1. The Kier molecular flexibility index (Phi) is 5.33. The Balaban J connectivity index is 2.00. The van der Waals surface area contributed by atoms with E-state index in [9.17, 15) is 18.3 Å². The topological polar surface area (TPSA) is 92.7 Å². The summed E-state index contributed by atoms with van der Waals surface area (Å²) in [6.45, 7) is 0.976. The predicted molar refractivity (Wildman–Crippen MR) is 77.4 cm³/mol. The van der Waals surface area contributed by atoms with Gasteiger partial charge in [0.2, 0.25) is 10.0 Å². The number of aliphatic carboxylic acids is 1. The van der Waals surface area contributed by atoms with Gasteiger partial charge in [-0.2, -0.15) is 0 Å². The van der Waals surface area contributed by atoms with Crippen molar-refractivity contribution in [3.63, 3.8) is 0 Å². The van der Waals surface area contributed by atoms with E-state index in [0.29, 0.717) is 19.6 Å². The highest BCUT2D eigenvalue weighted by molar-refractivity contribution is 7.89. The number of carboxylic acids is 1. The van der Waals surface area contributed by atoms with Crippen molar-refractivity contribution in [2.24, 2.45) is 5.92 Å². The van der Waals surface area contributed by atoms with Crippen LogP contribution in [0.15, 0.2) is 30.3 Å². The largest absolute Gasteiger partial charge is 0.480 e. The predicted octanol–water partition coefficient (Wildman–Crippen LogP) is 0.638. The molecule has 1 aliphatic heterocycles. The highest BCUT2D eigenvalue weighted by Gasteiger charge is 2.28. The van der Waals surface area contributed by atoms with E-state index in [0.717, 1.165) is 5.56 Å². The van der Waals surface area contributed by atoms with Crippen LogP contribution in [0.3, 0.4) is 0 Å². The Morgan fingerprint density at radius 2 is 2.10 bits per heavy atom. The zero-order valence-corrected chi connectivity index (χ0v) is 12.4. The number of sulfonamides is 1. The zero-order valence-electron chi connectivity index (χ0n) is 11.6. The third kappa shape index (κ3) is 5.11. The number of ether oxygens (including phenoxy) is 1. The Morgan fingerprint density at radius 3 is 2.67 bits per heavy atom. The number of benzene rings is 1. The van der Waals surface area contributed by atoms with Crippen molar-refractivity contribution in [1.82, 2.24) is 4.72 Å². The van der Waals surface area contributed by atoms with Crippen LogP contribution in [0.4, 0.5) is 0 Å². The average Bonchev–Trinajstić information content (AvgIpc) is 2.91. The van der Waals surface area contributed by atoms with E-state index in [-0.39, 0.29) is 18.1 Å². The molecule has 0 aliphatic carbocycles. The lowest BCUT2D eigenvalue weighted by molar-refractivity contribution is -0.138. The number of hydrogen-bond acceptors (Lipinski definition) is 4. The summed E-state index contributed by atoms with van der Waals surface area (Å²) in [6.07, 6.45) is 0.813. The summed E-state index contributed by atoms with van der Waals surface area (Å²) in [5.74, 6) is -1.33. The first-order chi connectivity index (χ1) is 9.96. The van der Waals surface area contributed by atoms with Crippen LogP contribution in [0.2, 0.25) is 0 Å². The Labute approximate surface area is 124 Å². The fourth-order valence-corrected chi connectivity index (χ4v) is 3.92. The molecule has 0 radical (unpaired) electrons. The molecule has 1 aromatic rings. The normalized spacial score (nSPS) is 20.3. The molecule has 1 unspecified atom stereocenters. The molecule has 116 valence electrons. The number of hydrogen-bond donors (Lipinski definition) is 2. The summed E-state index contributed by atoms with van der Waals surface area (Å²) in [5, 5.41) is 9.21. The van der Waals surface area contributed by atoms with Gasteiger partial charge in [-0.25, -0.2) is 13.1 Å². The van der Waals surface area contributed by atoms with Crippen molar-refractivity contribution in [1.29, 1.82) is 0 Å². The molecular formula is C14H19NO5S. The molecule has 6 nitrogen and oxygen atoms in total. The van der Waals surface area contributed by atoms with Crippen molar-refractivity contribution < 1.29 is 23.1 Å². The average molecular weight is 313 g/mol. The molecule has 0 aromatic heterocycles. The van der Waals surface area contributed by atoms with Gasteiger partial charge in [0.15, 0.2) is 0 Å². The SMILES string of the molecule is O=C(O)[C@@H](Cc1ccccc1)NS(=O)(=O)CC1CCOC1. The lowest BCUT2D eigenvalue weighted by atomic mass is 10.1. The molecule has 1 saturated heterocycles. The summed E-state index contributed by atoms with van der Waals surface area (Å²) < 4.78 is 31.6. The molecule has 2 atom stereocenters. The molecule has 0 amide bonds. The minimum Gasteiger partial charge on any atom is -0.480 e. The summed E-state index contributed by atoms with van der Waals surface area (Å²) >= 11 is 0. The molecule has 0 saturated carbocycles. The van der Waals surface area contributed by atoms with Crippen molar-refractivity contribution in [2.45, 2.75) is 18.9 Å². The highest BCUT2D eigenvalue weighted by Crippen LogP contribution is 2.14. The number of rotatable bonds is 7. The minimum absolute atomic E-state index is 0.0614. The van der Waals surface area contributed by atoms with E-state index in [2.05, 4.69) is 4.72 Å². The molecule has 21 heavy (non-hydrogen) atoms. The Morgan fingerprint density at radius 1 is 1.38 bits per heavy atom. The van der Waals surface area contributed by atoms with Gasteiger partial charge in [0.05, 0.1) is 12.4 Å². The lowest BCUT2D eigenvalue weighted by Gasteiger charge is -2.16. The van der Waals surface area contributed by atoms with E-state index >= 15 is 0 Å².